The normalized spacial score (nSPS) is 9.77. The Morgan fingerprint density at radius 3 is 2.69 bits per heavy atom. The summed E-state index contributed by atoms with van der Waals surface area (Å²) in [6.07, 6.45) is 0. The molecule has 0 spiro atoms. The highest BCUT2D eigenvalue weighted by Gasteiger charge is 2.14. The van der Waals surface area contributed by atoms with Crippen LogP contribution in [0.1, 0.15) is 5.56 Å². The van der Waals surface area contributed by atoms with Crippen molar-refractivity contribution in [1.82, 2.24) is 0 Å². The summed E-state index contributed by atoms with van der Waals surface area (Å²) in [6.45, 7) is 1.75. The first kappa shape index (κ1) is 9.80. The minimum Gasteiger partial charge on any atom is -0.234 e. The van der Waals surface area contributed by atoms with Gasteiger partial charge in [0, 0.05) is 5.02 Å². The number of nitrogens with zero attached hydrogens (tertiary/aromatic N) is 2. The highest BCUT2D eigenvalue weighted by Crippen LogP contribution is 2.25. The largest absolute Gasteiger partial charge is 0.234 e. The minimum absolute atomic E-state index is 0.487. The van der Waals surface area contributed by atoms with E-state index < -0.39 is 5.03 Å². The summed E-state index contributed by atoms with van der Waals surface area (Å²) in [4.78, 5) is 10.5. The molecule has 1 aromatic rings. The molecule has 0 heterocycles. The van der Waals surface area contributed by atoms with Crippen LogP contribution in [0.3, 0.4) is 0 Å². The number of hydrogen-bond donors (Lipinski definition) is 0. The molecular formula is C8H9ClN2O2. The van der Waals surface area contributed by atoms with Crippen LogP contribution in [0.4, 0.5) is 5.69 Å². The van der Waals surface area contributed by atoms with Gasteiger partial charge in [0.1, 0.15) is 5.69 Å². The van der Waals surface area contributed by atoms with Crippen molar-refractivity contribution in [1.29, 1.82) is 0 Å². The molecule has 13 heavy (non-hydrogen) atoms. The molecule has 5 heteroatoms. The molecule has 0 aliphatic rings. The molecule has 0 fully saturated rings. The Kier molecular flexibility index (Phi) is 2.72. The molecule has 0 N–H and O–H groups in total. The van der Waals surface area contributed by atoms with Crippen LogP contribution in [0.2, 0.25) is 5.02 Å². The average Bonchev–Trinajstić information content (AvgIpc) is 2.08. The molecule has 0 bridgehead atoms. The quantitative estimate of drug-likeness (QED) is 0.544. The van der Waals surface area contributed by atoms with Crippen molar-refractivity contribution >= 4 is 17.3 Å². The summed E-state index contributed by atoms with van der Waals surface area (Å²) in [7, 11) is 1.39. The van der Waals surface area contributed by atoms with E-state index in [0.717, 1.165) is 5.01 Å². The van der Waals surface area contributed by atoms with Crippen molar-refractivity contribution in [2.75, 3.05) is 12.1 Å². The minimum atomic E-state index is -0.487. The van der Waals surface area contributed by atoms with Crippen LogP contribution in [0.5, 0.6) is 0 Å². The van der Waals surface area contributed by atoms with E-state index in [1.165, 1.54) is 7.05 Å². The lowest BCUT2D eigenvalue weighted by atomic mass is 10.2. The van der Waals surface area contributed by atoms with E-state index in [9.17, 15) is 10.1 Å². The SMILES string of the molecule is Cc1c(Cl)cccc1N(C)[N+](=O)[O-]. The monoisotopic (exact) mass is 200 g/mol. The molecule has 0 atom stereocenters. The molecule has 1 aromatic carbocycles. The van der Waals surface area contributed by atoms with Crippen molar-refractivity contribution in [2.24, 2.45) is 0 Å². The van der Waals surface area contributed by atoms with Crippen LogP contribution in [0, 0.1) is 17.0 Å². The van der Waals surface area contributed by atoms with E-state index in [1.54, 1.807) is 25.1 Å². The average molecular weight is 201 g/mol. The molecule has 0 saturated carbocycles. The molecule has 0 aromatic heterocycles. The van der Waals surface area contributed by atoms with Gasteiger partial charge in [-0.3, -0.25) is 0 Å². The van der Waals surface area contributed by atoms with Crippen molar-refractivity contribution in [2.45, 2.75) is 6.92 Å². The Labute approximate surface area is 80.8 Å². The van der Waals surface area contributed by atoms with Gasteiger partial charge in [0.05, 0.1) is 7.05 Å². The summed E-state index contributed by atoms with van der Waals surface area (Å²) < 4.78 is 0. The number of rotatable bonds is 2. The lowest BCUT2D eigenvalue weighted by Crippen LogP contribution is -2.25. The lowest BCUT2D eigenvalue weighted by molar-refractivity contribution is -0.490. The van der Waals surface area contributed by atoms with Gasteiger partial charge in [0.25, 0.3) is 0 Å². The Morgan fingerprint density at radius 1 is 1.54 bits per heavy atom. The van der Waals surface area contributed by atoms with Crippen LogP contribution in [-0.2, 0) is 0 Å². The summed E-state index contributed by atoms with van der Waals surface area (Å²) in [5.74, 6) is 0. The zero-order valence-electron chi connectivity index (χ0n) is 7.32. The fraction of sp³-hybridized carbons (Fsp3) is 0.250. The van der Waals surface area contributed by atoms with E-state index in [4.69, 9.17) is 11.6 Å². The lowest BCUT2D eigenvalue weighted by Gasteiger charge is -2.11. The van der Waals surface area contributed by atoms with E-state index in [0.29, 0.717) is 16.3 Å². The first-order valence-corrected chi connectivity index (χ1v) is 4.05. The van der Waals surface area contributed by atoms with Gasteiger partial charge in [0.2, 0.25) is 0 Å². The van der Waals surface area contributed by atoms with Crippen molar-refractivity contribution in [3.63, 3.8) is 0 Å². The summed E-state index contributed by atoms with van der Waals surface area (Å²) >= 11 is 5.81. The van der Waals surface area contributed by atoms with Gasteiger partial charge in [-0.1, -0.05) is 22.7 Å². The molecule has 70 valence electrons. The van der Waals surface area contributed by atoms with Gasteiger partial charge in [-0.2, -0.15) is 0 Å². The van der Waals surface area contributed by atoms with Gasteiger partial charge in [-0.15, -0.1) is 0 Å². The molecule has 0 aliphatic heterocycles. The summed E-state index contributed by atoms with van der Waals surface area (Å²) in [5, 5.41) is 11.4. The Bertz CT molecular complexity index is 341. The maximum absolute atomic E-state index is 10.5. The third-order valence-corrected chi connectivity index (χ3v) is 2.24. The predicted molar refractivity (Wildman–Crippen MR) is 51.6 cm³/mol. The van der Waals surface area contributed by atoms with E-state index in [-0.39, 0.29) is 0 Å². The number of anilines is 1. The standard InChI is InChI=1S/C8H9ClN2O2/c1-6-7(9)4-3-5-8(6)10(2)11(12)13/h3-5H,1-2H3. The van der Waals surface area contributed by atoms with E-state index >= 15 is 0 Å². The number of hydrazine groups is 1. The van der Waals surface area contributed by atoms with Crippen LogP contribution in [0.15, 0.2) is 18.2 Å². The highest BCUT2D eigenvalue weighted by atomic mass is 35.5. The fourth-order valence-corrected chi connectivity index (χ4v) is 1.20. The Morgan fingerprint density at radius 2 is 2.15 bits per heavy atom. The molecule has 1 rings (SSSR count). The Hall–Kier alpha value is -1.29. The van der Waals surface area contributed by atoms with E-state index in [1.807, 2.05) is 0 Å². The molecule has 4 nitrogen and oxygen atoms in total. The van der Waals surface area contributed by atoms with Gasteiger partial charge in [0.15, 0.2) is 5.03 Å². The number of halogens is 1. The van der Waals surface area contributed by atoms with Crippen molar-refractivity contribution in [3.8, 4) is 0 Å². The van der Waals surface area contributed by atoms with Gasteiger partial charge in [-0.25, -0.2) is 10.1 Å². The van der Waals surface area contributed by atoms with Gasteiger partial charge < -0.3 is 0 Å². The summed E-state index contributed by atoms with van der Waals surface area (Å²) in [5.41, 5.74) is 1.22. The molecular weight excluding hydrogens is 192 g/mol. The zero-order chi connectivity index (χ0) is 10.0. The van der Waals surface area contributed by atoms with Gasteiger partial charge in [-0.05, 0) is 24.6 Å². The maximum atomic E-state index is 10.5. The topological polar surface area (TPSA) is 46.4 Å². The smallest absolute Gasteiger partial charge is 0.164 e. The number of benzene rings is 1. The highest BCUT2D eigenvalue weighted by molar-refractivity contribution is 6.31. The molecule has 0 saturated heterocycles. The van der Waals surface area contributed by atoms with Crippen LogP contribution >= 0.6 is 11.6 Å². The first-order valence-electron chi connectivity index (χ1n) is 3.67. The number of hydrogen-bond acceptors (Lipinski definition) is 2. The molecule has 0 amide bonds. The van der Waals surface area contributed by atoms with Gasteiger partial charge >= 0.3 is 0 Å². The second kappa shape index (κ2) is 3.62. The maximum Gasteiger partial charge on any atom is 0.164 e. The van der Waals surface area contributed by atoms with Crippen LogP contribution in [0.25, 0.3) is 0 Å². The van der Waals surface area contributed by atoms with Crippen LogP contribution in [-0.4, -0.2) is 12.1 Å². The fourth-order valence-electron chi connectivity index (χ4n) is 1.03. The zero-order valence-corrected chi connectivity index (χ0v) is 8.08. The van der Waals surface area contributed by atoms with Crippen LogP contribution < -0.4 is 5.01 Å². The first-order chi connectivity index (χ1) is 6.04. The second-order valence-corrected chi connectivity index (χ2v) is 3.05. The van der Waals surface area contributed by atoms with E-state index in [2.05, 4.69) is 0 Å². The number of nitro groups is 1. The molecule has 0 unspecified atom stereocenters. The molecule has 0 radical (unpaired) electrons. The van der Waals surface area contributed by atoms with Crippen molar-refractivity contribution < 1.29 is 5.03 Å². The molecule has 0 aliphatic carbocycles. The predicted octanol–water partition coefficient (Wildman–Crippen LogP) is 2.28. The van der Waals surface area contributed by atoms with Crippen molar-refractivity contribution in [3.05, 3.63) is 38.9 Å². The second-order valence-electron chi connectivity index (χ2n) is 2.65. The third-order valence-electron chi connectivity index (χ3n) is 1.83. The third kappa shape index (κ3) is 1.89. The Balaban J connectivity index is 3.15. The summed E-state index contributed by atoms with van der Waals surface area (Å²) in [6, 6.07) is 5.04.